The molecule has 0 bridgehead atoms. The normalized spacial score (nSPS) is 10.8. The fourth-order valence-corrected chi connectivity index (χ4v) is 3.04. The molecule has 2 rings (SSSR count). The molecule has 2 aromatic carbocycles. The van der Waals surface area contributed by atoms with E-state index in [1.165, 1.54) is 6.08 Å². The molecule has 0 saturated heterocycles. The molecule has 0 spiro atoms. The number of esters is 1. The van der Waals surface area contributed by atoms with Crippen LogP contribution in [-0.4, -0.2) is 12.6 Å². The molecule has 0 heterocycles. The third-order valence-electron chi connectivity index (χ3n) is 3.05. The summed E-state index contributed by atoms with van der Waals surface area (Å²) in [6, 6.07) is 11.0. The largest absolute Gasteiger partial charge is 0.488 e. The summed E-state index contributed by atoms with van der Waals surface area (Å²) in [6.07, 6.45) is 3.11. The minimum atomic E-state index is -0.356. The van der Waals surface area contributed by atoms with Crippen molar-refractivity contribution in [3.63, 3.8) is 0 Å². The van der Waals surface area contributed by atoms with E-state index < -0.39 is 0 Å². The van der Waals surface area contributed by atoms with Gasteiger partial charge in [0.25, 0.3) is 0 Å². The fourth-order valence-electron chi connectivity index (χ4n) is 1.89. The number of carbonyl (C=O) groups excluding carboxylic acids is 1. The van der Waals surface area contributed by atoms with Crippen molar-refractivity contribution in [1.29, 1.82) is 0 Å². The molecule has 0 aliphatic heterocycles. The zero-order chi connectivity index (χ0) is 17.5. The molecule has 0 fully saturated rings. The van der Waals surface area contributed by atoms with E-state index in [-0.39, 0.29) is 5.97 Å². The third-order valence-corrected chi connectivity index (χ3v) is 4.48. The van der Waals surface area contributed by atoms with Crippen molar-refractivity contribution >= 4 is 57.8 Å². The zero-order valence-corrected chi connectivity index (χ0v) is 16.6. The Morgan fingerprint density at radius 1 is 1.21 bits per heavy atom. The highest BCUT2D eigenvalue weighted by Gasteiger charge is 2.06. The second kappa shape index (κ2) is 9.30. The maximum Gasteiger partial charge on any atom is 0.330 e. The van der Waals surface area contributed by atoms with Crippen LogP contribution in [0.5, 0.6) is 5.75 Å². The van der Waals surface area contributed by atoms with Gasteiger partial charge in [0.05, 0.1) is 10.2 Å². The van der Waals surface area contributed by atoms with Gasteiger partial charge in [0.1, 0.15) is 12.4 Å². The summed E-state index contributed by atoms with van der Waals surface area (Å²) >= 11 is 14.2. The van der Waals surface area contributed by atoms with Gasteiger partial charge in [-0.05, 0) is 65.4 Å². The molecule has 0 unspecified atom stereocenters. The average Bonchev–Trinajstić information content (AvgIpc) is 2.54. The van der Waals surface area contributed by atoms with E-state index >= 15 is 0 Å². The second-order valence-corrected chi connectivity index (χ2v) is 6.81. The average molecular weight is 477 g/mol. The van der Waals surface area contributed by atoms with Crippen LogP contribution in [0.2, 0.25) is 10.0 Å². The van der Waals surface area contributed by atoms with Crippen LogP contribution in [0.4, 0.5) is 0 Å². The van der Waals surface area contributed by atoms with E-state index in [2.05, 4.69) is 22.6 Å². The topological polar surface area (TPSA) is 35.5 Å². The lowest BCUT2D eigenvalue weighted by molar-refractivity contribution is -0.137. The van der Waals surface area contributed by atoms with Crippen LogP contribution in [-0.2, 0) is 16.1 Å². The first-order valence-corrected chi connectivity index (χ1v) is 9.04. The molecule has 24 heavy (non-hydrogen) atoms. The molecule has 2 aromatic rings. The number of hydrogen-bond acceptors (Lipinski definition) is 3. The van der Waals surface area contributed by atoms with Crippen LogP contribution in [0.3, 0.4) is 0 Å². The van der Waals surface area contributed by atoms with E-state index in [0.29, 0.717) is 23.3 Å². The number of carbonyl (C=O) groups is 1. The van der Waals surface area contributed by atoms with E-state index in [4.69, 9.17) is 32.7 Å². The van der Waals surface area contributed by atoms with Crippen molar-refractivity contribution in [2.75, 3.05) is 6.61 Å². The lowest BCUT2D eigenvalue weighted by Gasteiger charge is -2.10. The summed E-state index contributed by atoms with van der Waals surface area (Å²) in [5, 5.41) is 1.17. The Bertz CT molecular complexity index is 760. The molecule has 6 heteroatoms. The van der Waals surface area contributed by atoms with Crippen molar-refractivity contribution < 1.29 is 14.3 Å². The molecule has 0 aliphatic rings. The van der Waals surface area contributed by atoms with Gasteiger partial charge in [0, 0.05) is 21.7 Å². The Morgan fingerprint density at radius 3 is 2.67 bits per heavy atom. The first kappa shape index (κ1) is 19.1. The van der Waals surface area contributed by atoms with Gasteiger partial charge < -0.3 is 9.47 Å². The maximum atomic E-state index is 11.3. The molecule has 126 valence electrons. The monoisotopic (exact) mass is 476 g/mol. The van der Waals surface area contributed by atoms with Crippen LogP contribution >= 0.6 is 45.8 Å². The van der Waals surface area contributed by atoms with Gasteiger partial charge in [0.2, 0.25) is 0 Å². The Kier molecular flexibility index (Phi) is 7.40. The summed E-state index contributed by atoms with van der Waals surface area (Å²) < 4.78 is 11.6. The number of rotatable bonds is 6. The van der Waals surface area contributed by atoms with E-state index in [0.717, 1.165) is 20.4 Å². The van der Waals surface area contributed by atoms with Gasteiger partial charge in [-0.25, -0.2) is 4.79 Å². The van der Waals surface area contributed by atoms with Gasteiger partial charge >= 0.3 is 5.97 Å². The number of benzene rings is 2. The molecule has 0 aliphatic carbocycles. The Hall–Kier alpha value is -1.24. The highest BCUT2D eigenvalue weighted by Crippen LogP contribution is 2.26. The van der Waals surface area contributed by atoms with Gasteiger partial charge in [-0.15, -0.1) is 0 Å². The standard InChI is InChI=1S/C18H15Cl2IO3/c1-2-23-18(22)8-4-12-3-7-17(16(21)9-12)24-11-13-5-6-14(19)10-15(13)20/h3-10H,2,11H2,1H3/b8-4+. The lowest BCUT2D eigenvalue weighted by atomic mass is 10.2. The Morgan fingerprint density at radius 2 is 2.00 bits per heavy atom. The van der Waals surface area contributed by atoms with Crippen molar-refractivity contribution in [1.82, 2.24) is 0 Å². The van der Waals surface area contributed by atoms with Crippen molar-refractivity contribution in [3.8, 4) is 5.75 Å². The second-order valence-electron chi connectivity index (χ2n) is 4.80. The number of hydrogen-bond donors (Lipinski definition) is 0. The summed E-state index contributed by atoms with van der Waals surface area (Å²) in [6.45, 7) is 2.48. The SMILES string of the molecule is CCOC(=O)/C=C/c1ccc(OCc2ccc(Cl)cc2Cl)c(I)c1. The van der Waals surface area contributed by atoms with E-state index in [1.807, 2.05) is 24.3 Å². The number of halogens is 3. The van der Waals surface area contributed by atoms with E-state index in [1.54, 1.807) is 25.1 Å². The quantitative estimate of drug-likeness (QED) is 0.302. The highest BCUT2D eigenvalue weighted by molar-refractivity contribution is 14.1. The molecule has 3 nitrogen and oxygen atoms in total. The van der Waals surface area contributed by atoms with E-state index in [9.17, 15) is 4.79 Å². The molecular weight excluding hydrogens is 462 g/mol. The molecular formula is C18H15Cl2IO3. The Labute approximate surface area is 164 Å². The van der Waals surface area contributed by atoms with Crippen LogP contribution in [0, 0.1) is 3.57 Å². The molecule has 0 atom stereocenters. The van der Waals surface area contributed by atoms with Crippen LogP contribution in [0.15, 0.2) is 42.5 Å². The van der Waals surface area contributed by atoms with Crippen LogP contribution < -0.4 is 4.74 Å². The first-order chi connectivity index (χ1) is 11.5. The molecule has 0 aromatic heterocycles. The smallest absolute Gasteiger partial charge is 0.330 e. The minimum Gasteiger partial charge on any atom is -0.488 e. The Balaban J connectivity index is 2.03. The fraction of sp³-hybridized carbons (Fsp3) is 0.167. The van der Waals surface area contributed by atoms with Crippen LogP contribution in [0.1, 0.15) is 18.1 Å². The molecule has 0 radical (unpaired) electrons. The third kappa shape index (κ3) is 5.69. The molecule has 0 saturated carbocycles. The summed E-state index contributed by atoms with van der Waals surface area (Å²) in [5.74, 6) is 0.389. The summed E-state index contributed by atoms with van der Waals surface area (Å²) in [5.41, 5.74) is 1.76. The summed E-state index contributed by atoms with van der Waals surface area (Å²) in [7, 11) is 0. The van der Waals surface area contributed by atoms with Gasteiger partial charge in [0.15, 0.2) is 0 Å². The first-order valence-electron chi connectivity index (χ1n) is 7.20. The zero-order valence-electron chi connectivity index (χ0n) is 12.9. The predicted octanol–water partition coefficient (Wildman–Crippen LogP) is 5.75. The maximum absolute atomic E-state index is 11.3. The molecule has 0 amide bonds. The molecule has 0 N–H and O–H groups in total. The van der Waals surface area contributed by atoms with Gasteiger partial charge in [-0.2, -0.15) is 0 Å². The van der Waals surface area contributed by atoms with Gasteiger partial charge in [-0.1, -0.05) is 35.3 Å². The van der Waals surface area contributed by atoms with Crippen molar-refractivity contribution in [3.05, 3.63) is 67.2 Å². The minimum absolute atomic E-state index is 0.351. The number of ether oxygens (including phenoxy) is 2. The van der Waals surface area contributed by atoms with Crippen molar-refractivity contribution in [2.24, 2.45) is 0 Å². The van der Waals surface area contributed by atoms with Crippen molar-refractivity contribution in [2.45, 2.75) is 13.5 Å². The predicted molar refractivity (Wildman–Crippen MR) is 106 cm³/mol. The lowest BCUT2D eigenvalue weighted by Crippen LogP contribution is -1.99. The summed E-state index contributed by atoms with van der Waals surface area (Å²) in [4.78, 5) is 11.3. The highest BCUT2D eigenvalue weighted by atomic mass is 127. The van der Waals surface area contributed by atoms with Gasteiger partial charge in [-0.3, -0.25) is 0 Å². The van der Waals surface area contributed by atoms with Crippen LogP contribution in [0.25, 0.3) is 6.08 Å².